The second-order valence-electron chi connectivity index (χ2n) is 14.5. The number of halogens is 3. The number of esters is 1. The van der Waals surface area contributed by atoms with Gasteiger partial charge in [0.2, 0.25) is 0 Å². The Hall–Kier alpha value is -4.45. The van der Waals surface area contributed by atoms with Crippen LogP contribution in [0.15, 0.2) is 107 Å². The molecule has 21 nitrogen and oxygen atoms in total. The molecule has 0 amide bonds. The van der Waals surface area contributed by atoms with Crippen molar-refractivity contribution in [3.8, 4) is 0 Å². The van der Waals surface area contributed by atoms with Gasteiger partial charge < -0.3 is 38.3 Å². The average Bonchev–Trinajstić information content (AvgIpc) is 4.18. The van der Waals surface area contributed by atoms with Gasteiger partial charge in [-0.25, -0.2) is 18.7 Å². The largest absolute Gasteiger partial charge is 1.00 e. The summed E-state index contributed by atoms with van der Waals surface area (Å²) >= 11 is 17.5. The molecule has 2 atom stereocenters. The third kappa shape index (κ3) is 25.2. The number of nitro groups is 2. The number of ether oxygens (including phenoxy) is 3. The number of nitrogens with zero attached hydrogens (tertiary/aromatic N) is 4. The van der Waals surface area contributed by atoms with E-state index in [2.05, 4.69) is 27.7 Å². The van der Waals surface area contributed by atoms with Crippen LogP contribution in [0, 0.1) is 20.2 Å². The van der Waals surface area contributed by atoms with Gasteiger partial charge in [0.15, 0.2) is 12.4 Å². The first-order chi connectivity index (χ1) is 33.4. The number of Topliss-reactive ketones (excluding diaryl/α,β-unsaturated/α-hetero) is 1. The Balaban J connectivity index is 0.000000556. The van der Waals surface area contributed by atoms with Gasteiger partial charge in [0.25, 0.3) is 0 Å². The molecule has 386 valence electrons. The summed E-state index contributed by atoms with van der Waals surface area (Å²) in [6.07, 6.45) is 8.32. The van der Waals surface area contributed by atoms with Gasteiger partial charge in [0.05, 0.1) is 29.7 Å². The number of furan rings is 2. The number of carbonyl (C=O) groups excluding carboxylic acids is 2. The maximum absolute atomic E-state index is 13.6. The number of rotatable bonds is 27. The molecule has 5 rings (SSSR count). The van der Waals surface area contributed by atoms with Gasteiger partial charge in [-0.3, -0.25) is 34.1 Å². The van der Waals surface area contributed by atoms with Crippen LogP contribution in [0.5, 0.6) is 0 Å². The summed E-state index contributed by atoms with van der Waals surface area (Å²) in [7, 11) is -0.295. The normalized spacial score (nSPS) is 13.2. The number of benzene rings is 2. The van der Waals surface area contributed by atoms with Crippen molar-refractivity contribution in [1.82, 2.24) is 9.34 Å². The number of unbranched alkanes of at least 4 members (excludes halogenated alkanes) is 2. The molecule has 3 heterocycles. The van der Waals surface area contributed by atoms with Crippen molar-refractivity contribution in [2.45, 2.75) is 51.7 Å². The summed E-state index contributed by atoms with van der Waals surface area (Å²) in [6.45, 7) is 5.89. The van der Waals surface area contributed by atoms with Crippen LogP contribution in [0.4, 0.5) is 23.1 Å². The van der Waals surface area contributed by atoms with Crippen molar-refractivity contribution in [2.75, 3.05) is 75.5 Å². The molecule has 0 radical (unpaired) electrons. The fraction of sp³-hybridized carbons (Fsp3) is 0.409. The molecule has 4 aromatic rings. The Morgan fingerprint density at radius 2 is 1.28 bits per heavy atom. The van der Waals surface area contributed by atoms with Crippen molar-refractivity contribution in [3.05, 3.63) is 141 Å². The monoisotopic (exact) mass is 1080 g/mol. The molecule has 1 aliphatic heterocycles. The number of hydrogen-bond acceptors (Lipinski definition) is 15. The Morgan fingerprint density at radius 1 is 0.775 bits per heavy atom. The molecule has 1 fully saturated rings. The Morgan fingerprint density at radius 3 is 1.73 bits per heavy atom. The number of alkyl halides is 2. The zero-order valence-electron chi connectivity index (χ0n) is 39.8. The van der Waals surface area contributed by atoms with Crippen LogP contribution < -0.4 is 34.1 Å². The number of ketones is 1. The third-order valence-corrected chi connectivity index (χ3v) is 14.4. The molecule has 71 heavy (non-hydrogen) atoms. The molecule has 2 aromatic heterocycles. The molecule has 0 saturated carbocycles. The van der Waals surface area contributed by atoms with Crippen LogP contribution in [0.2, 0.25) is 0 Å². The van der Waals surface area contributed by atoms with Gasteiger partial charge >= 0.3 is 51.1 Å². The van der Waals surface area contributed by atoms with Crippen LogP contribution in [-0.2, 0) is 41.1 Å². The van der Waals surface area contributed by atoms with Crippen molar-refractivity contribution in [2.24, 2.45) is 0 Å². The number of nitrogens with one attached hydrogen (secondary N) is 2. The quantitative estimate of drug-likeness (QED) is 0.00550. The van der Waals surface area contributed by atoms with Crippen LogP contribution in [0.1, 0.15) is 70.8 Å². The van der Waals surface area contributed by atoms with Gasteiger partial charge in [0, 0.05) is 55.0 Å². The van der Waals surface area contributed by atoms with Crippen molar-refractivity contribution >= 4 is 83.8 Å². The summed E-state index contributed by atoms with van der Waals surface area (Å²) < 4.78 is 59.2. The van der Waals surface area contributed by atoms with Crippen molar-refractivity contribution < 1.29 is 80.1 Å². The SMILES string of the molecule is C1CCOC1.C=CCOC(=O)c1ccc(NP(=O)(Cl)N(C)CCCCCl)cc1.C=COCC(=O)c1ccc(NP(=O)(OCc2ccc([N+](=O)[O-])o2)N(C)CCCCCl)cc1.O=[N+]([O-])c1ccc(C[O-])o1.[Li+]. The van der Waals surface area contributed by atoms with Crippen LogP contribution in [-0.4, -0.2) is 96.3 Å². The van der Waals surface area contributed by atoms with Crippen LogP contribution >= 0.6 is 48.9 Å². The second-order valence-corrected chi connectivity index (χ2v) is 20.7. The summed E-state index contributed by atoms with van der Waals surface area (Å²) in [5.41, 5.74) is 1.85. The Labute approximate surface area is 439 Å². The number of anilines is 2. The van der Waals surface area contributed by atoms with Crippen LogP contribution in [0.25, 0.3) is 0 Å². The van der Waals surface area contributed by atoms with E-state index in [0.29, 0.717) is 53.8 Å². The zero-order valence-corrected chi connectivity index (χ0v) is 43.8. The van der Waals surface area contributed by atoms with E-state index >= 15 is 0 Å². The van der Waals surface area contributed by atoms with Crippen molar-refractivity contribution in [1.29, 1.82) is 0 Å². The summed E-state index contributed by atoms with van der Waals surface area (Å²) in [4.78, 5) is 43.1. The minimum Gasteiger partial charge on any atom is -0.849 e. The van der Waals surface area contributed by atoms with E-state index in [4.69, 9.17) is 57.6 Å². The van der Waals surface area contributed by atoms with E-state index in [1.165, 1.54) is 48.0 Å². The van der Waals surface area contributed by atoms with E-state index in [9.17, 15) is 44.1 Å². The maximum atomic E-state index is 13.6. The van der Waals surface area contributed by atoms with Gasteiger partial charge in [-0.1, -0.05) is 25.8 Å². The zero-order chi connectivity index (χ0) is 52.0. The van der Waals surface area contributed by atoms with Crippen LogP contribution in [0.3, 0.4) is 0 Å². The average molecular weight is 1090 g/mol. The smallest absolute Gasteiger partial charge is 0.849 e. The molecule has 2 N–H and O–H groups in total. The summed E-state index contributed by atoms with van der Waals surface area (Å²) in [5, 5.41) is 36.5. The third-order valence-electron chi connectivity index (χ3n) is 9.15. The fourth-order valence-corrected chi connectivity index (χ4v) is 8.90. The standard InChI is InChI=1S/C20H25ClN3O7P.C15H21Cl2N2O3P.C5H4NO4.C4H8O.Li/c1-3-29-15-19(25)16-6-8-17(9-7-16)22-32(28,23(2)13-5-4-12-21)30-14-18-10-11-20(31-18)24(26)27;1-3-12-22-15(20)13-6-8-14(9-7-13)18-23(17,21)19(2)11-5-4-10-16;7-3-4-1-2-5(10-4)6(8)9;1-2-4-5-3-1;/h3,6-11H,1,4-5,12-15H2,2H3,(H,22,28);3,6-9H,1,4-5,10-12H2,2H3,(H,18,21);1-2H,3H2;1-4H2;/q;;-1;;+1. The van der Waals surface area contributed by atoms with E-state index < -0.39 is 42.8 Å². The first-order valence-corrected chi connectivity index (χ1v) is 26.7. The molecule has 0 spiro atoms. The summed E-state index contributed by atoms with van der Waals surface area (Å²) in [5.74, 6) is -0.182. The molecule has 1 saturated heterocycles. The Kier molecular flexibility index (Phi) is 32.4. The molecule has 27 heteroatoms. The first kappa shape index (κ1) is 64.6. The van der Waals surface area contributed by atoms with E-state index in [1.54, 1.807) is 67.3 Å². The van der Waals surface area contributed by atoms with Gasteiger partial charge in [-0.15, -0.1) is 23.2 Å². The minimum absolute atomic E-state index is 0. The predicted octanol–water partition coefficient (Wildman–Crippen LogP) is 7.81. The molecular formula is C44H58Cl3LiN6O15P2. The number of hydrogen-bond donors (Lipinski definition) is 2. The maximum Gasteiger partial charge on any atom is 1.00 e. The van der Waals surface area contributed by atoms with E-state index in [1.807, 2.05) is 0 Å². The molecule has 0 bridgehead atoms. The second kappa shape index (κ2) is 35.6. The summed E-state index contributed by atoms with van der Waals surface area (Å²) in [6, 6.07) is 17.8. The topological polar surface area (TPSA) is 271 Å². The van der Waals surface area contributed by atoms with E-state index in [0.717, 1.165) is 38.5 Å². The molecule has 2 unspecified atom stereocenters. The van der Waals surface area contributed by atoms with Gasteiger partial charge in [-0.05, 0) is 125 Å². The Bertz CT molecular complexity index is 2320. The first-order valence-electron chi connectivity index (χ1n) is 21.4. The van der Waals surface area contributed by atoms with E-state index in [-0.39, 0.29) is 61.9 Å². The van der Waals surface area contributed by atoms with Crippen molar-refractivity contribution in [3.63, 3.8) is 0 Å². The van der Waals surface area contributed by atoms with Gasteiger partial charge in [0.1, 0.15) is 28.8 Å². The van der Waals surface area contributed by atoms with Gasteiger partial charge in [-0.2, -0.15) is 0 Å². The minimum atomic E-state index is -3.62. The molecule has 2 aromatic carbocycles. The fourth-order valence-electron chi connectivity index (χ4n) is 5.35. The molecule has 0 aliphatic carbocycles. The predicted molar refractivity (Wildman–Crippen MR) is 267 cm³/mol. The molecule has 1 aliphatic rings. The number of carbonyl (C=O) groups is 2. The molecular weight excluding hydrogens is 1030 g/mol.